The van der Waals surface area contributed by atoms with Crippen LogP contribution in [0, 0.1) is 5.82 Å². The summed E-state index contributed by atoms with van der Waals surface area (Å²) in [6.45, 7) is 1.68. The van der Waals surface area contributed by atoms with Gasteiger partial charge in [-0.05, 0) is 12.1 Å². The highest BCUT2D eigenvalue weighted by atomic mass is 35.5. The highest BCUT2D eigenvalue weighted by Gasteiger charge is 2.31. The monoisotopic (exact) mass is 259 g/mol. The Balaban J connectivity index is 1.85. The molecule has 5 heteroatoms. The van der Waals surface area contributed by atoms with Gasteiger partial charge in [0.1, 0.15) is 11.4 Å². The van der Waals surface area contributed by atoms with Gasteiger partial charge in [0.05, 0.1) is 6.61 Å². The molecule has 0 aliphatic carbocycles. The molecule has 0 amide bonds. The van der Waals surface area contributed by atoms with E-state index in [9.17, 15) is 9.50 Å². The minimum atomic E-state index is -0.817. The van der Waals surface area contributed by atoms with Crippen LogP contribution < -0.4 is 5.32 Å². The van der Waals surface area contributed by atoms with Crippen molar-refractivity contribution in [3.63, 3.8) is 0 Å². The van der Waals surface area contributed by atoms with E-state index in [0.29, 0.717) is 43.3 Å². The normalized spacial score (nSPS) is 24.2. The highest BCUT2D eigenvalue weighted by Crippen LogP contribution is 2.18. The molecule has 1 unspecified atom stereocenters. The van der Waals surface area contributed by atoms with Crippen molar-refractivity contribution >= 4 is 11.6 Å². The molecule has 1 atom stereocenters. The van der Waals surface area contributed by atoms with Gasteiger partial charge in [-0.25, -0.2) is 4.39 Å². The van der Waals surface area contributed by atoms with E-state index in [2.05, 4.69) is 5.32 Å². The summed E-state index contributed by atoms with van der Waals surface area (Å²) in [5.74, 6) is -0.334. The van der Waals surface area contributed by atoms with Crippen LogP contribution in [0.25, 0.3) is 0 Å². The molecular weight excluding hydrogens is 245 g/mol. The number of rotatable bonds is 4. The van der Waals surface area contributed by atoms with Crippen molar-refractivity contribution in [1.29, 1.82) is 0 Å². The minimum absolute atomic E-state index is 0.334. The van der Waals surface area contributed by atoms with Crippen molar-refractivity contribution in [2.75, 3.05) is 19.8 Å². The zero-order valence-electron chi connectivity index (χ0n) is 9.38. The zero-order valence-corrected chi connectivity index (χ0v) is 10.1. The minimum Gasteiger partial charge on any atom is -0.386 e. The average molecular weight is 260 g/mol. The first-order chi connectivity index (χ1) is 8.09. The van der Waals surface area contributed by atoms with E-state index in [0.717, 1.165) is 0 Å². The second kappa shape index (κ2) is 5.31. The fraction of sp³-hybridized carbons (Fsp3) is 0.500. The summed E-state index contributed by atoms with van der Waals surface area (Å²) >= 11 is 5.66. The Morgan fingerprint density at radius 3 is 3.00 bits per heavy atom. The van der Waals surface area contributed by atoms with Crippen LogP contribution in [0.3, 0.4) is 0 Å². The van der Waals surface area contributed by atoms with E-state index in [-0.39, 0.29) is 5.82 Å². The van der Waals surface area contributed by atoms with E-state index in [1.807, 2.05) is 0 Å². The van der Waals surface area contributed by atoms with Crippen LogP contribution in [0.15, 0.2) is 18.2 Å². The third-order valence-corrected chi connectivity index (χ3v) is 3.10. The molecule has 3 nitrogen and oxygen atoms in total. The Bertz CT molecular complexity index is 394. The van der Waals surface area contributed by atoms with E-state index in [1.165, 1.54) is 6.07 Å². The largest absolute Gasteiger partial charge is 0.386 e. The van der Waals surface area contributed by atoms with Gasteiger partial charge >= 0.3 is 0 Å². The maximum atomic E-state index is 13.4. The number of hydrogen-bond donors (Lipinski definition) is 2. The van der Waals surface area contributed by atoms with E-state index < -0.39 is 5.60 Å². The van der Waals surface area contributed by atoms with Gasteiger partial charge in [0.2, 0.25) is 0 Å². The number of hydrogen-bond acceptors (Lipinski definition) is 3. The molecule has 0 aromatic heterocycles. The lowest BCUT2D eigenvalue weighted by atomic mass is 10.0. The maximum Gasteiger partial charge on any atom is 0.129 e. The Labute approximate surface area is 105 Å². The molecule has 1 aromatic rings. The third-order valence-electron chi connectivity index (χ3n) is 2.87. The number of halogens is 2. The first-order valence-corrected chi connectivity index (χ1v) is 5.92. The number of aliphatic hydroxyl groups is 1. The van der Waals surface area contributed by atoms with E-state index >= 15 is 0 Å². The lowest BCUT2D eigenvalue weighted by molar-refractivity contribution is 0.0268. The molecule has 1 fully saturated rings. The topological polar surface area (TPSA) is 41.5 Å². The van der Waals surface area contributed by atoms with Crippen molar-refractivity contribution < 1.29 is 14.2 Å². The predicted molar refractivity (Wildman–Crippen MR) is 63.5 cm³/mol. The van der Waals surface area contributed by atoms with E-state index in [4.69, 9.17) is 16.3 Å². The molecule has 0 radical (unpaired) electrons. The standard InChI is InChI=1S/C12H15ClFNO2/c13-10-2-1-9(11(14)5-10)6-15-7-12(16)3-4-17-8-12/h1-2,5,15-16H,3-4,6-8H2. The maximum absolute atomic E-state index is 13.4. The Morgan fingerprint density at radius 2 is 2.35 bits per heavy atom. The molecule has 94 valence electrons. The summed E-state index contributed by atoms with van der Waals surface area (Å²) in [5, 5.41) is 13.4. The molecule has 17 heavy (non-hydrogen) atoms. The quantitative estimate of drug-likeness (QED) is 0.865. The average Bonchev–Trinajstić information content (AvgIpc) is 2.69. The molecule has 0 bridgehead atoms. The molecule has 1 aliphatic rings. The summed E-state index contributed by atoms with van der Waals surface area (Å²) in [5.41, 5.74) is -0.278. The molecule has 2 rings (SSSR count). The summed E-state index contributed by atoms with van der Waals surface area (Å²) < 4.78 is 18.6. The third kappa shape index (κ3) is 3.39. The van der Waals surface area contributed by atoms with Crippen molar-refractivity contribution in [3.8, 4) is 0 Å². The van der Waals surface area contributed by atoms with Gasteiger partial charge in [0.15, 0.2) is 0 Å². The summed E-state index contributed by atoms with van der Waals surface area (Å²) in [6.07, 6.45) is 0.614. The second-order valence-corrected chi connectivity index (χ2v) is 4.80. The molecule has 1 aromatic carbocycles. The molecular formula is C12H15ClFNO2. The lowest BCUT2D eigenvalue weighted by Crippen LogP contribution is -2.40. The number of ether oxygens (including phenoxy) is 1. The van der Waals surface area contributed by atoms with Gasteiger partial charge in [-0.1, -0.05) is 17.7 Å². The predicted octanol–water partition coefficient (Wildman–Crippen LogP) is 1.72. The van der Waals surface area contributed by atoms with Crippen LogP contribution in [0.5, 0.6) is 0 Å². The van der Waals surface area contributed by atoms with Gasteiger partial charge in [-0.2, -0.15) is 0 Å². The summed E-state index contributed by atoms with van der Waals surface area (Å²) in [7, 11) is 0. The van der Waals surface area contributed by atoms with Gasteiger partial charge in [0.25, 0.3) is 0 Å². The molecule has 1 aliphatic heterocycles. The van der Waals surface area contributed by atoms with Gasteiger partial charge in [-0.3, -0.25) is 0 Å². The first kappa shape index (κ1) is 12.8. The van der Waals surface area contributed by atoms with Gasteiger partial charge in [0, 0.05) is 36.7 Å². The Morgan fingerprint density at radius 1 is 1.53 bits per heavy atom. The lowest BCUT2D eigenvalue weighted by Gasteiger charge is -2.20. The van der Waals surface area contributed by atoms with Crippen molar-refractivity contribution in [3.05, 3.63) is 34.6 Å². The summed E-state index contributed by atoms with van der Waals surface area (Å²) in [6, 6.07) is 4.57. The highest BCUT2D eigenvalue weighted by molar-refractivity contribution is 6.30. The van der Waals surface area contributed by atoms with Crippen LogP contribution >= 0.6 is 11.6 Å². The SMILES string of the molecule is OC1(CNCc2ccc(Cl)cc2F)CCOC1. The zero-order chi connectivity index (χ0) is 12.3. The second-order valence-electron chi connectivity index (χ2n) is 4.37. The van der Waals surface area contributed by atoms with Crippen molar-refractivity contribution in [2.45, 2.75) is 18.6 Å². The molecule has 1 saturated heterocycles. The smallest absolute Gasteiger partial charge is 0.129 e. The van der Waals surface area contributed by atoms with Gasteiger partial charge in [-0.15, -0.1) is 0 Å². The van der Waals surface area contributed by atoms with E-state index in [1.54, 1.807) is 12.1 Å². The number of nitrogens with one attached hydrogen (secondary N) is 1. The number of benzene rings is 1. The molecule has 0 spiro atoms. The Hall–Kier alpha value is -0.680. The van der Waals surface area contributed by atoms with Crippen LogP contribution in [-0.4, -0.2) is 30.5 Å². The fourth-order valence-electron chi connectivity index (χ4n) is 1.83. The summed E-state index contributed by atoms with van der Waals surface area (Å²) in [4.78, 5) is 0. The van der Waals surface area contributed by atoms with Crippen molar-refractivity contribution in [1.82, 2.24) is 5.32 Å². The van der Waals surface area contributed by atoms with Crippen molar-refractivity contribution in [2.24, 2.45) is 0 Å². The van der Waals surface area contributed by atoms with Gasteiger partial charge < -0.3 is 15.2 Å². The van der Waals surface area contributed by atoms with Crippen LogP contribution in [-0.2, 0) is 11.3 Å². The first-order valence-electron chi connectivity index (χ1n) is 5.54. The van der Waals surface area contributed by atoms with Crippen LogP contribution in [0.1, 0.15) is 12.0 Å². The molecule has 0 saturated carbocycles. The fourth-order valence-corrected chi connectivity index (χ4v) is 1.99. The van der Waals surface area contributed by atoms with Crippen LogP contribution in [0.2, 0.25) is 5.02 Å². The van der Waals surface area contributed by atoms with Crippen LogP contribution in [0.4, 0.5) is 4.39 Å². The molecule has 1 heterocycles. The Kier molecular flexibility index (Phi) is 3.99. The molecule has 2 N–H and O–H groups in total.